The number of carbonyl (C=O) groups is 1. The fourth-order valence-electron chi connectivity index (χ4n) is 1.64. The van der Waals surface area contributed by atoms with Crippen molar-refractivity contribution in [3.05, 3.63) is 0 Å². The molecule has 0 aromatic carbocycles. The molecule has 1 aliphatic rings. The largest absolute Gasteiger partial charge is 0.459 e. The second-order valence-electron chi connectivity index (χ2n) is 4.16. The van der Waals surface area contributed by atoms with Gasteiger partial charge in [-0.15, -0.1) is 0 Å². The van der Waals surface area contributed by atoms with Crippen LogP contribution < -0.4 is 0 Å². The van der Waals surface area contributed by atoms with Gasteiger partial charge in [-0.1, -0.05) is 0 Å². The Morgan fingerprint density at radius 3 is 2.54 bits per heavy atom. The van der Waals surface area contributed by atoms with E-state index in [1.54, 1.807) is 6.92 Å². The van der Waals surface area contributed by atoms with Gasteiger partial charge in [-0.25, -0.2) is 0 Å². The molecular weight excluding hydrogens is 168 g/mol. The van der Waals surface area contributed by atoms with Crippen LogP contribution in [0, 0.1) is 5.92 Å². The molecule has 1 rings (SSSR count). The predicted octanol–water partition coefficient (Wildman–Crippen LogP) is 1.49. The fourth-order valence-corrected chi connectivity index (χ4v) is 1.64. The number of aliphatic hydroxyl groups is 1. The van der Waals surface area contributed by atoms with Gasteiger partial charge in [-0.05, 0) is 39.5 Å². The number of rotatable bonds is 3. The van der Waals surface area contributed by atoms with Gasteiger partial charge in [0, 0.05) is 0 Å². The summed E-state index contributed by atoms with van der Waals surface area (Å²) in [6.07, 6.45) is 4.18. The van der Waals surface area contributed by atoms with Gasteiger partial charge in [-0.2, -0.15) is 0 Å². The van der Waals surface area contributed by atoms with Crippen molar-refractivity contribution < 1.29 is 14.6 Å². The number of esters is 1. The van der Waals surface area contributed by atoms with Crippen molar-refractivity contribution in [1.29, 1.82) is 0 Å². The second kappa shape index (κ2) is 4.09. The molecule has 0 amide bonds. The number of hydrogen-bond donors (Lipinski definition) is 1. The summed E-state index contributed by atoms with van der Waals surface area (Å²) >= 11 is 0. The van der Waals surface area contributed by atoms with E-state index in [1.807, 2.05) is 6.92 Å². The molecule has 1 fully saturated rings. The van der Waals surface area contributed by atoms with Gasteiger partial charge >= 0.3 is 5.97 Å². The monoisotopic (exact) mass is 186 g/mol. The van der Waals surface area contributed by atoms with E-state index in [9.17, 15) is 4.79 Å². The normalized spacial score (nSPS) is 22.7. The van der Waals surface area contributed by atoms with Gasteiger partial charge < -0.3 is 9.84 Å². The van der Waals surface area contributed by atoms with Gasteiger partial charge in [0.25, 0.3) is 0 Å². The first-order chi connectivity index (χ1) is 6.07. The Labute approximate surface area is 79.1 Å². The Hall–Kier alpha value is -0.570. The second-order valence-corrected chi connectivity index (χ2v) is 4.16. The number of ether oxygens (including phenoxy) is 1. The summed E-state index contributed by atoms with van der Waals surface area (Å²) in [4.78, 5) is 11.4. The molecule has 13 heavy (non-hydrogen) atoms. The third-order valence-electron chi connectivity index (χ3n) is 2.68. The molecule has 0 aliphatic heterocycles. The van der Waals surface area contributed by atoms with Crippen LogP contribution in [0.25, 0.3) is 0 Å². The lowest BCUT2D eigenvalue weighted by Gasteiger charge is -2.25. The van der Waals surface area contributed by atoms with Gasteiger partial charge in [0.05, 0.1) is 12.5 Å². The highest BCUT2D eigenvalue weighted by atomic mass is 16.6. The third kappa shape index (κ3) is 2.69. The zero-order chi connectivity index (χ0) is 9.90. The Morgan fingerprint density at radius 1 is 1.54 bits per heavy atom. The van der Waals surface area contributed by atoms with Crippen molar-refractivity contribution >= 4 is 5.97 Å². The van der Waals surface area contributed by atoms with Gasteiger partial charge in [-0.3, -0.25) is 4.79 Å². The fraction of sp³-hybridized carbons (Fsp3) is 0.900. The van der Waals surface area contributed by atoms with Crippen molar-refractivity contribution in [3.63, 3.8) is 0 Å². The van der Waals surface area contributed by atoms with E-state index in [1.165, 1.54) is 0 Å². The zero-order valence-corrected chi connectivity index (χ0v) is 8.38. The maximum atomic E-state index is 11.4. The first-order valence-corrected chi connectivity index (χ1v) is 4.91. The van der Waals surface area contributed by atoms with E-state index in [-0.39, 0.29) is 18.2 Å². The molecular formula is C10H18O3. The van der Waals surface area contributed by atoms with Crippen molar-refractivity contribution in [2.24, 2.45) is 5.92 Å². The molecule has 0 heterocycles. The third-order valence-corrected chi connectivity index (χ3v) is 2.68. The molecule has 0 radical (unpaired) electrons. The minimum Gasteiger partial charge on any atom is -0.459 e. The molecule has 1 aliphatic carbocycles. The van der Waals surface area contributed by atoms with Crippen molar-refractivity contribution in [1.82, 2.24) is 0 Å². The molecule has 0 spiro atoms. The van der Waals surface area contributed by atoms with E-state index in [4.69, 9.17) is 9.84 Å². The summed E-state index contributed by atoms with van der Waals surface area (Å²) < 4.78 is 5.35. The lowest BCUT2D eigenvalue weighted by molar-refractivity contribution is -0.163. The van der Waals surface area contributed by atoms with Gasteiger partial charge in [0.15, 0.2) is 0 Å². The Kier molecular flexibility index (Phi) is 3.31. The molecule has 76 valence electrons. The summed E-state index contributed by atoms with van der Waals surface area (Å²) in [5, 5.41) is 8.76. The van der Waals surface area contributed by atoms with Crippen LogP contribution in [-0.4, -0.2) is 23.3 Å². The smallest absolute Gasteiger partial charge is 0.311 e. The first kappa shape index (κ1) is 10.5. The maximum Gasteiger partial charge on any atom is 0.311 e. The zero-order valence-electron chi connectivity index (χ0n) is 8.38. The molecule has 0 bridgehead atoms. The van der Waals surface area contributed by atoms with E-state index in [0.29, 0.717) is 0 Å². The van der Waals surface area contributed by atoms with Gasteiger partial charge in [0.2, 0.25) is 0 Å². The minimum atomic E-state index is -0.391. The lowest BCUT2D eigenvalue weighted by atomic mass is 10.1. The Bertz CT molecular complexity index is 183. The summed E-state index contributed by atoms with van der Waals surface area (Å²) in [5.41, 5.74) is -0.263. The van der Waals surface area contributed by atoms with Crippen molar-refractivity contribution in [3.8, 4) is 0 Å². The van der Waals surface area contributed by atoms with E-state index in [0.717, 1.165) is 25.7 Å². The molecule has 3 heteroatoms. The lowest BCUT2D eigenvalue weighted by Crippen LogP contribution is -2.31. The van der Waals surface area contributed by atoms with Gasteiger partial charge in [0.1, 0.15) is 5.60 Å². The topological polar surface area (TPSA) is 46.5 Å². The van der Waals surface area contributed by atoms with E-state index < -0.39 is 5.92 Å². The maximum absolute atomic E-state index is 11.4. The average Bonchev–Trinajstić information content (AvgIpc) is 2.50. The van der Waals surface area contributed by atoms with Crippen LogP contribution in [0.15, 0.2) is 0 Å². The predicted molar refractivity (Wildman–Crippen MR) is 49.2 cm³/mol. The SMILES string of the molecule is CC(CO)C(=O)OC1(C)CCCC1. The highest BCUT2D eigenvalue weighted by Crippen LogP contribution is 2.33. The summed E-state index contributed by atoms with van der Waals surface area (Å²) in [6.45, 7) is 3.53. The first-order valence-electron chi connectivity index (χ1n) is 4.91. The van der Waals surface area contributed by atoms with Crippen molar-refractivity contribution in [2.45, 2.75) is 45.1 Å². The van der Waals surface area contributed by atoms with Crippen LogP contribution in [0.3, 0.4) is 0 Å². The van der Waals surface area contributed by atoms with E-state index >= 15 is 0 Å². The summed E-state index contributed by atoms with van der Waals surface area (Å²) in [7, 11) is 0. The molecule has 1 saturated carbocycles. The number of hydrogen-bond acceptors (Lipinski definition) is 3. The molecule has 3 nitrogen and oxygen atoms in total. The molecule has 0 saturated heterocycles. The highest BCUT2D eigenvalue weighted by molar-refractivity contribution is 5.72. The van der Waals surface area contributed by atoms with Crippen LogP contribution >= 0.6 is 0 Å². The Balaban J connectivity index is 2.43. The molecule has 1 atom stereocenters. The standard InChI is InChI=1S/C10H18O3/c1-8(7-11)9(12)13-10(2)5-3-4-6-10/h8,11H,3-7H2,1-2H3. The average molecular weight is 186 g/mol. The van der Waals surface area contributed by atoms with Crippen LogP contribution in [-0.2, 0) is 9.53 Å². The number of aliphatic hydroxyl groups excluding tert-OH is 1. The molecule has 1 N–H and O–H groups in total. The quantitative estimate of drug-likeness (QED) is 0.679. The number of carbonyl (C=O) groups excluding carboxylic acids is 1. The highest BCUT2D eigenvalue weighted by Gasteiger charge is 2.33. The van der Waals surface area contributed by atoms with Crippen LogP contribution in [0.1, 0.15) is 39.5 Å². The molecule has 1 unspecified atom stereocenters. The van der Waals surface area contributed by atoms with Crippen LogP contribution in [0.4, 0.5) is 0 Å². The van der Waals surface area contributed by atoms with Crippen molar-refractivity contribution in [2.75, 3.05) is 6.61 Å². The Morgan fingerprint density at radius 2 is 2.08 bits per heavy atom. The molecule has 0 aromatic heterocycles. The summed E-state index contributed by atoms with van der Waals surface area (Å²) in [5.74, 6) is -0.663. The van der Waals surface area contributed by atoms with Crippen LogP contribution in [0.2, 0.25) is 0 Å². The van der Waals surface area contributed by atoms with Crippen LogP contribution in [0.5, 0.6) is 0 Å². The van der Waals surface area contributed by atoms with E-state index in [2.05, 4.69) is 0 Å². The minimum absolute atomic E-state index is 0.130. The molecule has 0 aromatic rings. The summed E-state index contributed by atoms with van der Waals surface area (Å²) in [6, 6.07) is 0.